The zero-order chi connectivity index (χ0) is 27.4. The molecule has 3 nitrogen and oxygen atoms in total. The first-order valence-corrected chi connectivity index (χ1v) is 13.7. The maximum absolute atomic E-state index is 4.94. The monoisotopic (exact) mass is 509 g/mol. The van der Waals surface area contributed by atoms with Crippen molar-refractivity contribution in [2.24, 2.45) is 0 Å². The van der Waals surface area contributed by atoms with E-state index in [1.165, 1.54) is 38.8 Å². The van der Waals surface area contributed by atoms with E-state index in [0.29, 0.717) is 0 Å². The van der Waals surface area contributed by atoms with Crippen molar-refractivity contribution in [3.8, 4) is 27.9 Å². The van der Waals surface area contributed by atoms with Crippen molar-refractivity contribution in [3.63, 3.8) is 0 Å². The lowest BCUT2D eigenvalue weighted by molar-refractivity contribution is 0.590. The van der Waals surface area contributed by atoms with Crippen molar-refractivity contribution in [1.82, 2.24) is 15.0 Å². The third kappa shape index (κ3) is 4.74. The lowest BCUT2D eigenvalue weighted by Crippen LogP contribution is -2.10. The Morgan fingerprint density at radius 3 is 1.54 bits per heavy atom. The first-order valence-electron chi connectivity index (χ1n) is 13.7. The molecule has 0 aliphatic carbocycles. The number of benzene rings is 5. The van der Waals surface area contributed by atoms with Gasteiger partial charge in [0, 0.05) is 5.39 Å². The van der Waals surface area contributed by atoms with Gasteiger partial charge in [-0.05, 0) is 67.8 Å². The van der Waals surface area contributed by atoms with Crippen molar-refractivity contribution < 1.29 is 0 Å². The van der Waals surface area contributed by atoms with Crippen LogP contribution in [0.5, 0.6) is 0 Å². The van der Waals surface area contributed by atoms with Crippen LogP contribution in [-0.4, -0.2) is 15.0 Å². The van der Waals surface area contributed by atoms with E-state index in [1.54, 1.807) is 4.80 Å². The predicted molar refractivity (Wildman–Crippen MR) is 165 cm³/mol. The first kappa shape index (κ1) is 25.1. The average molecular weight is 510 g/mol. The molecule has 6 rings (SSSR count). The van der Waals surface area contributed by atoms with Gasteiger partial charge in [0.1, 0.15) is 11.0 Å². The molecular weight excluding hydrogens is 474 g/mol. The molecule has 194 valence electrons. The molecule has 0 aliphatic heterocycles. The molecule has 6 aromatic rings. The summed E-state index contributed by atoms with van der Waals surface area (Å²) in [6.07, 6.45) is 0. The highest BCUT2D eigenvalue weighted by molar-refractivity contribution is 6.11. The number of rotatable bonds is 3. The summed E-state index contributed by atoms with van der Waals surface area (Å²) in [6, 6.07) is 37.0. The number of aromatic nitrogens is 3. The van der Waals surface area contributed by atoms with Crippen LogP contribution < -0.4 is 0 Å². The largest absolute Gasteiger partial charge is 0.150 e. The van der Waals surface area contributed by atoms with Crippen molar-refractivity contribution in [1.29, 1.82) is 0 Å². The molecule has 0 amide bonds. The van der Waals surface area contributed by atoms with Gasteiger partial charge in [-0.3, -0.25) is 0 Å². The third-order valence-corrected chi connectivity index (χ3v) is 7.64. The summed E-state index contributed by atoms with van der Waals surface area (Å²) in [4.78, 5) is 1.76. The predicted octanol–water partition coefficient (Wildman–Crippen LogP) is 9.50. The van der Waals surface area contributed by atoms with Crippen molar-refractivity contribution >= 4 is 21.8 Å². The van der Waals surface area contributed by atoms with E-state index in [0.717, 1.165) is 22.1 Å². The highest BCUT2D eigenvalue weighted by atomic mass is 15.5. The number of nitrogens with zero attached hydrogens (tertiary/aromatic N) is 3. The molecule has 0 unspecified atom stereocenters. The highest BCUT2D eigenvalue weighted by Crippen LogP contribution is 2.35. The van der Waals surface area contributed by atoms with E-state index in [1.807, 2.05) is 0 Å². The van der Waals surface area contributed by atoms with Gasteiger partial charge in [0.25, 0.3) is 0 Å². The molecule has 0 fully saturated rings. The van der Waals surface area contributed by atoms with Gasteiger partial charge in [0.15, 0.2) is 0 Å². The molecule has 5 aromatic carbocycles. The zero-order valence-corrected chi connectivity index (χ0v) is 23.7. The van der Waals surface area contributed by atoms with E-state index in [9.17, 15) is 0 Å². The van der Waals surface area contributed by atoms with Crippen LogP contribution in [0.2, 0.25) is 0 Å². The second-order valence-electron chi connectivity index (χ2n) is 12.5. The summed E-state index contributed by atoms with van der Waals surface area (Å²) in [5, 5.41) is 12.2. The van der Waals surface area contributed by atoms with E-state index >= 15 is 0 Å². The SMILES string of the molecule is CC(C)(C)c1ccc(-c2ccc(-n3nc4cc(-c5ccc(C(C)(C)C)cc5)c5ccccc5c4n3)cc2)cc1. The van der Waals surface area contributed by atoms with E-state index in [2.05, 4.69) is 145 Å². The van der Waals surface area contributed by atoms with E-state index < -0.39 is 0 Å². The van der Waals surface area contributed by atoms with Gasteiger partial charge in [-0.2, -0.15) is 4.80 Å². The molecule has 39 heavy (non-hydrogen) atoms. The van der Waals surface area contributed by atoms with E-state index in [-0.39, 0.29) is 10.8 Å². The van der Waals surface area contributed by atoms with Crippen LogP contribution in [-0.2, 0) is 10.8 Å². The minimum Gasteiger partial charge on any atom is -0.150 e. The average Bonchev–Trinajstić information content (AvgIpc) is 3.37. The first-order chi connectivity index (χ1) is 18.6. The van der Waals surface area contributed by atoms with Crippen LogP contribution in [0.25, 0.3) is 49.7 Å². The quantitative estimate of drug-likeness (QED) is 0.238. The standard InChI is InChI=1S/C36H35N3/c1-35(2,3)27-17-11-24(12-18-27)25-15-21-29(22-16-25)39-37-33-23-32(26-13-19-28(20-14-26)36(4,5)6)30-9-7-8-10-31(30)34(33)38-39/h7-23H,1-6H3. The minimum atomic E-state index is 0.124. The van der Waals surface area contributed by atoms with Crippen molar-refractivity contribution in [2.75, 3.05) is 0 Å². The molecule has 0 saturated carbocycles. The lowest BCUT2D eigenvalue weighted by Gasteiger charge is -2.19. The van der Waals surface area contributed by atoms with Crippen LogP contribution in [0.15, 0.2) is 103 Å². The van der Waals surface area contributed by atoms with Crippen LogP contribution >= 0.6 is 0 Å². The fraction of sp³-hybridized carbons (Fsp3) is 0.222. The van der Waals surface area contributed by atoms with Crippen LogP contribution in [0, 0.1) is 0 Å². The maximum atomic E-state index is 4.94. The minimum absolute atomic E-state index is 0.124. The Morgan fingerprint density at radius 2 is 1.00 bits per heavy atom. The Balaban J connectivity index is 1.38. The summed E-state index contributed by atoms with van der Waals surface area (Å²) in [5.74, 6) is 0. The summed E-state index contributed by atoms with van der Waals surface area (Å²) in [6.45, 7) is 13.5. The Morgan fingerprint density at radius 1 is 0.513 bits per heavy atom. The summed E-state index contributed by atoms with van der Waals surface area (Å²) >= 11 is 0. The van der Waals surface area contributed by atoms with Crippen LogP contribution in [0.4, 0.5) is 0 Å². The second-order valence-corrected chi connectivity index (χ2v) is 12.5. The molecule has 1 aromatic heterocycles. The molecule has 1 heterocycles. The normalized spacial score (nSPS) is 12.4. The van der Waals surface area contributed by atoms with Gasteiger partial charge in [-0.25, -0.2) is 0 Å². The fourth-order valence-corrected chi connectivity index (χ4v) is 5.20. The molecule has 0 bridgehead atoms. The Bertz CT molecular complexity index is 1780. The molecule has 0 radical (unpaired) electrons. The summed E-state index contributed by atoms with van der Waals surface area (Å²) in [7, 11) is 0. The molecular formula is C36H35N3. The molecule has 0 saturated heterocycles. The molecule has 3 heteroatoms. The fourth-order valence-electron chi connectivity index (χ4n) is 5.20. The second kappa shape index (κ2) is 9.20. The summed E-state index contributed by atoms with van der Waals surface area (Å²) in [5.41, 5.74) is 10.5. The van der Waals surface area contributed by atoms with Gasteiger partial charge < -0.3 is 0 Å². The van der Waals surface area contributed by atoms with Crippen LogP contribution in [0.1, 0.15) is 52.7 Å². The van der Waals surface area contributed by atoms with Gasteiger partial charge in [-0.1, -0.05) is 126 Å². The van der Waals surface area contributed by atoms with Gasteiger partial charge >= 0.3 is 0 Å². The topological polar surface area (TPSA) is 30.7 Å². The third-order valence-electron chi connectivity index (χ3n) is 7.64. The smallest absolute Gasteiger partial charge is 0.121 e. The lowest BCUT2D eigenvalue weighted by atomic mass is 9.86. The Hall–Kier alpha value is -4.24. The Labute approximate surface area is 231 Å². The highest BCUT2D eigenvalue weighted by Gasteiger charge is 2.17. The van der Waals surface area contributed by atoms with Gasteiger partial charge in [-0.15, -0.1) is 10.2 Å². The van der Waals surface area contributed by atoms with Crippen molar-refractivity contribution in [2.45, 2.75) is 52.4 Å². The van der Waals surface area contributed by atoms with Crippen molar-refractivity contribution in [3.05, 3.63) is 114 Å². The number of fused-ring (bicyclic) bond motifs is 3. The number of hydrogen-bond donors (Lipinski definition) is 0. The van der Waals surface area contributed by atoms with E-state index in [4.69, 9.17) is 10.2 Å². The van der Waals surface area contributed by atoms with Gasteiger partial charge in [0.05, 0.1) is 5.69 Å². The van der Waals surface area contributed by atoms with Crippen LogP contribution in [0.3, 0.4) is 0 Å². The van der Waals surface area contributed by atoms with Gasteiger partial charge in [0.2, 0.25) is 0 Å². The molecule has 0 N–H and O–H groups in total. The molecule has 0 atom stereocenters. The number of hydrogen-bond acceptors (Lipinski definition) is 2. The summed E-state index contributed by atoms with van der Waals surface area (Å²) < 4.78 is 0. The molecule has 0 aliphatic rings. The molecule has 0 spiro atoms. The maximum Gasteiger partial charge on any atom is 0.121 e. The Kier molecular flexibility index (Phi) is 5.91. The zero-order valence-electron chi connectivity index (χ0n) is 23.7.